The molecule has 2 aromatic carbocycles. The molecule has 0 spiro atoms. The summed E-state index contributed by atoms with van der Waals surface area (Å²) in [6.07, 6.45) is 6.47. The van der Waals surface area contributed by atoms with E-state index in [2.05, 4.69) is 48.5 Å². The summed E-state index contributed by atoms with van der Waals surface area (Å²) >= 11 is 0. The zero-order valence-corrected chi connectivity index (χ0v) is 17.8. The highest BCUT2D eigenvalue weighted by atomic mass is 16.5. The lowest BCUT2D eigenvalue weighted by Crippen LogP contribution is -2.25. The van der Waals surface area contributed by atoms with Crippen LogP contribution in [0.2, 0.25) is 0 Å². The fourth-order valence-electron chi connectivity index (χ4n) is 4.26. The SMILES string of the molecule is COc1ccc2ccccc2c1/C=N\Nc1nc(N2CCCC2)nc(N2CCCC2)n1. The van der Waals surface area contributed by atoms with E-state index in [0.717, 1.165) is 60.2 Å². The van der Waals surface area contributed by atoms with Crippen LogP contribution in [0.1, 0.15) is 31.2 Å². The molecular weight excluding hydrogens is 390 g/mol. The fraction of sp³-hybridized carbons (Fsp3) is 0.391. The van der Waals surface area contributed by atoms with Crippen molar-refractivity contribution in [2.75, 3.05) is 48.5 Å². The molecule has 160 valence electrons. The average Bonchev–Trinajstić information content (AvgIpc) is 3.53. The van der Waals surface area contributed by atoms with Crippen LogP contribution in [0.4, 0.5) is 17.8 Å². The molecule has 3 aromatic rings. The second kappa shape index (κ2) is 8.75. The third kappa shape index (κ3) is 4.10. The number of aromatic nitrogens is 3. The van der Waals surface area contributed by atoms with Gasteiger partial charge < -0.3 is 14.5 Å². The molecule has 2 aliphatic rings. The lowest BCUT2D eigenvalue weighted by Gasteiger charge is -2.20. The molecule has 8 heteroatoms. The molecule has 5 rings (SSSR count). The van der Waals surface area contributed by atoms with Crippen LogP contribution in [0.15, 0.2) is 41.5 Å². The van der Waals surface area contributed by atoms with Crippen molar-refractivity contribution in [2.24, 2.45) is 5.10 Å². The normalized spacial score (nSPS) is 16.5. The van der Waals surface area contributed by atoms with Crippen LogP contribution in [0.3, 0.4) is 0 Å². The molecule has 0 amide bonds. The minimum Gasteiger partial charge on any atom is -0.496 e. The molecule has 2 saturated heterocycles. The smallest absolute Gasteiger partial charge is 0.250 e. The lowest BCUT2D eigenvalue weighted by molar-refractivity contribution is 0.415. The van der Waals surface area contributed by atoms with Crippen LogP contribution in [0.5, 0.6) is 5.75 Å². The predicted octanol–water partition coefficient (Wildman–Crippen LogP) is 3.68. The zero-order valence-electron chi connectivity index (χ0n) is 17.8. The monoisotopic (exact) mass is 417 g/mol. The van der Waals surface area contributed by atoms with E-state index in [1.54, 1.807) is 13.3 Å². The van der Waals surface area contributed by atoms with E-state index in [9.17, 15) is 0 Å². The fourth-order valence-corrected chi connectivity index (χ4v) is 4.26. The molecule has 0 unspecified atom stereocenters. The quantitative estimate of drug-likeness (QED) is 0.484. The summed E-state index contributed by atoms with van der Waals surface area (Å²) in [5.41, 5.74) is 3.95. The van der Waals surface area contributed by atoms with E-state index in [-0.39, 0.29) is 0 Å². The van der Waals surface area contributed by atoms with Gasteiger partial charge >= 0.3 is 0 Å². The molecule has 1 N–H and O–H groups in total. The number of nitrogens with one attached hydrogen (secondary N) is 1. The van der Waals surface area contributed by atoms with E-state index in [1.807, 2.05) is 18.2 Å². The van der Waals surface area contributed by atoms with Crippen LogP contribution in [-0.4, -0.2) is 54.5 Å². The van der Waals surface area contributed by atoms with Gasteiger partial charge in [0.25, 0.3) is 0 Å². The standard InChI is InChI=1S/C23H27N7O/c1-31-20-11-10-17-8-2-3-9-18(17)19(20)16-24-28-21-25-22(29-12-4-5-13-29)27-23(26-21)30-14-6-7-15-30/h2-3,8-11,16H,4-7,12-15H2,1H3,(H,25,26,27,28)/b24-16-. The summed E-state index contributed by atoms with van der Waals surface area (Å²) in [7, 11) is 1.67. The molecule has 0 atom stereocenters. The molecule has 2 fully saturated rings. The number of hydrogen-bond acceptors (Lipinski definition) is 8. The Morgan fingerprint density at radius 1 is 0.871 bits per heavy atom. The lowest BCUT2D eigenvalue weighted by atomic mass is 10.0. The van der Waals surface area contributed by atoms with Crippen molar-refractivity contribution in [3.63, 3.8) is 0 Å². The highest BCUT2D eigenvalue weighted by molar-refractivity contribution is 6.02. The number of hydrogen-bond donors (Lipinski definition) is 1. The number of nitrogens with zero attached hydrogens (tertiary/aromatic N) is 6. The highest BCUT2D eigenvalue weighted by Crippen LogP contribution is 2.27. The van der Waals surface area contributed by atoms with Crippen LogP contribution in [0, 0.1) is 0 Å². The van der Waals surface area contributed by atoms with Gasteiger partial charge in [-0.15, -0.1) is 0 Å². The Kier molecular flexibility index (Phi) is 5.52. The first-order valence-electron chi connectivity index (χ1n) is 10.9. The van der Waals surface area contributed by atoms with Gasteiger partial charge in [-0.1, -0.05) is 30.3 Å². The van der Waals surface area contributed by atoms with Gasteiger partial charge in [-0.05, 0) is 42.5 Å². The number of anilines is 3. The van der Waals surface area contributed by atoms with Gasteiger partial charge in [0.1, 0.15) is 5.75 Å². The van der Waals surface area contributed by atoms with Gasteiger partial charge in [-0.2, -0.15) is 20.1 Å². The van der Waals surface area contributed by atoms with Crippen molar-refractivity contribution >= 4 is 34.8 Å². The largest absolute Gasteiger partial charge is 0.496 e. The Hall–Kier alpha value is -3.42. The maximum Gasteiger partial charge on any atom is 0.250 e. The van der Waals surface area contributed by atoms with Crippen molar-refractivity contribution < 1.29 is 4.74 Å². The van der Waals surface area contributed by atoms with Gasteiger partial charge in [0.2, 0.25) is 17.8 Å². The van der Waals surface area contributed by atoms with E-state index < -0.39 is 0 Å². The number of fused-ring (bicyclic) bond motifs is 1. The van der Waals surface area contributed by atoms with Gasteiger partial charge in [-0.3, -0.25) is 0 Å². The van der Waals surface area contributed by atoms with E-state index >= 15 is 0 Å². The summed E-state index contributed by atoms with van der Waals surface area (Å²) in [6.45, 7) is 3.94. The number of rotatable bonds is 6. The Bertz CT molecular complexity index is 1050. The molecule has 3 heterocycles. The number of methoxy groups -OCH3 is 1. The average molecular weight is 418 g/mol. The van der Waals surface area contributed by atoms with Crippen LogP contribution in [0.25, 0.3) is 10.8 Å². The second-order valence-electron chi connectivity index (χ2n) is 7.92. The van der Waals surface area contributed by atoms with Gasteiger partial charge in [-0.25, -0.2) is 5.43 Å². The third-order valence-electron chi connectivity index (χ3n) is 5.90. The van der Waals surface area contributed by atoms with Gasteiger partial charge in [0.05, 0.1) is 13.3 Å². The Morgan fingerprint density at radius 2 is 1.52 bits per heavy atom. The highest BCUT2D eigenvalue weighted by Gasteiger charge is 2.21. The zero-order chi connectivity index (χ0) is 21.0. The maximum atomic E-state index is 5.56. The molecule has 0 aliphatic carbocycles. The van der Waals surface area contributed by atoms with Crippen LogP contribution in [-0.2, 0) is 0 Å². The molecule has 1 aromatic heterocycles. The summed E-state index contributed by atoms with van der Waals surface area (Å²) in [5.74, 6) is 2.70. The van der Waals surface area contributed by atoms with Crippen molar-refractivity contribution in [1.82, 2.24) is 15.0 Å². The number of benzene rings is 2. The Balaban J connectivity index is 1.44. The number of ether oxygens (including phenoxy) is 1. The molecule has 31 heavy (non-hydrogen) atoms. The summed E-state index contributed by atoms with van der Waals surface area (Å²) in [6, 6.07) is 12.2. The summed E-state index contributed by atoms with van der Waals surface area (Å²) < 4.78 is 5.56. The van der Waals surface area contributed by atoms with Crippen molar-refractivity contribution in [3.8, 4) is 5.75 Å². The molecule has 0 radical (unpaired) electrons. The molecular formula is C23H27N7O. The van der Waals surface area contributed by atoms with Crippen LogP contribution < -0.4 is 20.0 Å². The van der Waals surface area contributed by atoms with Gasteiger partial charge in [0.15, 0.2) is 0 Å². The molecule has 2 aliphatic heterocycles. The molecule has 0 saturated carbocycles. The second-order valence-corrected chi connectivity index (χ2v) is 7.92. The van der Waals surface area contributed by atoms with E-state index in [0.29, 0.717) is 5.95 Å². The van der Waals surface area contributed by atoms with Gasteiger partial charge in [0, 0.05) is 31.7 Å². The van der Waals surface area contributed by atoms with Crippen molar-refractivity contribution in [1.29, 1.82) is 0 Å². The first-order chi connectivity index (χ1) is 15.3. The maximum absolute atomic E-state index is 5.56. The first-order valence-corrected chi connectivity index (χ1v) is 10.9. The topological polar surface area (TPSA) is 78.8 Å². The third-order valence-corrected chi connectivity index (χ3v) is 5.90. The first kappa shape index (κ1) is 19.5. The summed E-state index contributed by atoms with van der Waals surface area (Å²) in [5, 5.41) is 6.68. The molecule has 8 nitrogen and oxygen atoms in total. The predicted molar refractivity (Wildman–Crippen MR) is 124 cm³/mol. The van der Waals surface area contributed by atoms with Crippen molar-refractivity contribution in [2.45, 2.75) is 25.7 Å². The van der Waals surface area contributed by atoms with Crippen molar-refractivity contribution in [3.05, 3.63) is 42.0 Å². The minimum atomic E-state index is 0.467. The number of hydrazone groups is 1. The summed E-state index contributed by atoms with van der Waals surface area (Å²) in [4.78, 5) is 18.5. The van der Waals surface area contributed by atoms with Crippen LogP contribution >= 0.6 is 0 Å². The van der Waals surface area contributed by atoms with E-state index in [1.165, 1.54) is 25.7 Å². The Labute approximate surface area is 182 Å². The van der Waals surface area contributed by atoms with E-state index in [4.69, 9.17) is 9.72 Å². The molecule has 0 bridgehead atoms. The minimum absolute atomic E-state index is 0.467. The Morgan fingerprint density at radius 3 is 2.16 bits per heavy atom.